The van der Waals surface area contributed by atoms with Gasteiger partial charge in [-0.25, -0.2) is 9.37 Å². The first-order valence-electron chi connectivity index (χ1n) is 8.41. The molecule has 0 bridgehead atoms. The first kappa shape index (κ1) is 18.1. The summed E-state index contributed by atoms with van der Waals surface area (Å²) in [5.41, 5.74) is 2.12. The summed E-state index contributed by atoms with van der Waals surface area (Å²) in [6.45, 7) is 0.329. The van der Waals surface area contributed by atoms with E-state index >= 15 is 0 Å². The first-order chi connectivity index (χ1) is 13.2. The summed E-state index contributed by atoms with van der Waals surface area (Å²) < 4.78 is 13.6. The molecule has 0 atom stereocenters. The molecule has 27 heavy (non-hydrogen) atoms. The molecular formula is C21H17FN4O. The van der Waals surface area contributed by atoms with Gasteiger partial charge in [0.15, 0.2) is 0 Å². The molecule has 6 heteroatoms. The van der Waals surface area contributed by atoms with Crippen molar-refractivity contribution in [3.05, 3.63) is 89.4 Å². The van der Waals surface area contributed by atoms with Gasteiger partial charge < -0.3 is 10.6 Å². The van der Waals surface area contributed by atoms with Crippen molar-refractivity contribution < 1.29 is 9.18 Å². The summed E-state index contributed by atoms with van der Waals surface area (Å²) in [5.74, 6) is -0.0232. The van der Waals surface area contributed by atoms with E-state index in [-0.39, 0.29) is 11.7 Å². The van der Waals surface area contributed by atoms with Gasteiger partial charge in [-0.2, -0.15) is 5.26 Å². The van der Waals surface area contributed by atoms with Crippen molar-refractivity contribution in [3.63, 3.8) is 0 Å². The average molecular weight is 360 g/mol. The third kappa shape index (κ3) is 4.67. The van der Waals surface area contributed by atoms with Crippen LogP contribution < -0.4 is 10.6 Å². The number of benzene rings is 2. The second kappa shape index (κ2) is 8.59. The second-order valence-corrected chi connectivity index (χ2v) is 5.81. The van der Waals surface area contributed by atoms with Gasteiger partial charge in [0, 0.05) is 12.7 Å². The summed E-state index contributed by atoms with van der Waals surface area (Å²) in [6.07, 6.45) is 1.87. The number of amides is 1. The maximum Gasteiger partial charge on any atom is 0.252 e. The van der Waals surface area contributed by atoms with Crippen LogP contribution in [0.1, 0.15) is 21.5 Å². The highest BCUT2D eigenvalue weighted by molar-refractivity contribution is 5.94. The van der Waals surface area contributed by atoms with E-state index in [4.69, 9.17) is 5.26 Å². The average Bonchev–Trinajstić information content (AvgIpc) is 2.70. The predicted molar refractivity (Wildman–Crippen MR) is 101 cm³/mol. The lowest BCUT2D eigenvalue weighted by Gasteiger charge is -2.09. The van der Waals surface area contributed by atoms with Crippen molar-refractivity contribution in [3.8, 4) is 6.07 Å². The van der Waals surface area contributed by atoms with Gasteiger partial charge in [-0.05, 0) is 42.3 Å². The van der Waals surface area contributed by atoms with Crippen molar-refractivity contribution in [1.82, 2.24) is 10.3 Å². The summed E-state index contributed by atoms with van der Waals surface area (Å²) in [7, 11) is 0. The van der Waals surface area contributed by atoms with Crippen LogP contribution >= 0.6 is 0 Å². The molecule has 2 aromatic carbocycles. The molecule has 1 amide bonds. The van der Waals surface area contributed by atoms with Crippen LogP contribution in [0.5, 0.6) is 0 Å². The second-order valence-electron chi connectivity index (χ2n) is 5.81. The number of carbonyl (C=O) groups is 1. The van der Waals surface area contributed by atoms with E-state index in [0.29, 0.717) is 41.2 Å². The highest BCUT2D eigenvalue weighted by atomic mass is 19.1. The van der Waals surface area contributed by atoms with Gasteiger partial charge in [-0.15, -0.1) is 0 Å². The Kier molecular flexibility index (Phi) is 5.75. The highest BCUT2D eigenvalue weighted by Gasteiger charge is 2.08. The molecule has 0 radical (unpaired) electrons. The Morgan fingerprint density at radius 3 is 2.59 bits per heavy atom. The third-order valence-corrected chi connectivity index (χ3v) is 3.97. The fourth-order valence-corrected chi connectivity index (χ4v) is 2.54. The fourth-order valence-electron chi connectivity index (χ4n) is 2.54. The topological polar surface area (TPSA) is 77.8 Å². The van der Waals surface area contributed by atoms with Crippen LogP contribution in [0.15, 0.2) is 66.9 Å². The number of hydrogen-bond acceptors (Lipinski definition) is 4. The SMILES string of the molecule is N#Cc1ccccc1Nc1ccc(C(=O)NCCc2ccccc2F)cn1. The Labute approximate surface area is 156 Å². The Morgan fingerprint density at radius 2 is 1.85 bits per heavy atom. The number of nitrogens with zero attached hydrogens (tertiary/aromatic N) is 2. The lowest BCUT2D eigenvalue weighted by molar-refractivity contribution is 0.0953. The van der Waals surface area contributed by atoms with E-state index in [2.05, 4.69) is 21.7 Å². The first-order valence-corrected chi connectivity index (χ1v) is 8.41. The van der Waals surface area contributed by atoms with Crippen molar-refractivity contribution in [2.75, 3.05) is 11.9 Å². The standard InChI is InChI=1S/C21H17FN4O/c22-18-7-3-1-5-15(18)11-12-24-21(27)17-9-10-20(25-14-17)26-19-8-4-2-6-16(19)13-23/h1-10,14H,11-12H2,(H,24,27)(H,25,26). The lowest BCUT2D eigenvalue weighted by Crippen LogP contribution is -2.26. The van der Waals surface area contributed by atoms with Gasteiger partial charge in [0.25, 0.3) is 5.91 Å². The molecule has 2 N–H and O–H groups in total. The van der Waals surface area contributed by atoms with Crippen LogP contribution in [0.3, 0.4) is 0 Å². The number of pyridine rings is 1. The molecule has 0 spiro atoms. The zero-order valence-corrected chi connectivity index (χ0v) is 14.4. The molecule has 0 saturated heterocycles. The number of hydrogen-bond donors (Lipinski definition) is 2. The monoisotopic (exact) mass is 360 g/mol. The molecule has 3 aromatic rings. The number of carbonyl (C=O) groups excluding carboxylic acids is 1. The molecule has 0 aliphatic rings. The van der Waals surface area contributed by atoms with Crippen LogP contribution in [0.25, 0.3) is 0 Å². The molecule has 1 heterocycles. The Bertz CT molecular complexity index is 980. The molecule has 3 rings (SSSR count). The van der Waals surface area contributed by atoms with Crippen molar-refractivity contribution >= 4 is 17.4 Å². The number of nitriles is 1. The minimum absolute atomic E-state index is 0.275. The van der Waals surface area contributed by atoms with E-state index < -0.39 is 0 Å². The molecule has 1 aromatic heterocycles. The van der Waals surface area contributed by atoms with Crippen LogP contribution in [-0.2, 0) is 6.42 Å². The number of halogens is 1. The minimum Gasteiger partial charge on any atom is -0.352 e. The normalized spacial score (nSPS) is 10.1. The number of nitrogens with one attached hydrogen (secondary N) is 2. The predicted octanol–water partition coefficient (Wildman–Crippen LogP) is 3.81. The highest BCUT2D eigenvalue weighted by Crippen LogP contribution is 2.18. The van der Waals surface area contributed by atoms with E-state index in [1.54, 1.807) is 48.5 Å². The molecule has 0 aliphatic heterocycles. The molecular weight excluding hydrogens is 343 g/mol. The number of rotatable bonds is 6. The summed E-state index contributed by atoms with van der Waals surface area (Å²) in [5, 5.41) is 14.9. The van der Waals surface area contributed by atoms with Crippen LogP contribution in [0.2, 0.25) is 0 Å². The van der Waals surface area contributed by atoms with Crippen LogP contribution in [0.4, 0.5) is 15.9 Å². The van der Waals surface area contributed by atoms with Gasteiger partial charge in [-0.1, -0.05) is 30.3 Å². The summed E-state index contributed by atoms with van der Waals surface area (Å²) in [6, 6.07) is 19.0. The van der Waals surface area contributed by atoms with E-state index in [9.17, 15) is 9.18 Å². The quantitative estimate of drug-likeness (QED) is 0.701. The Morgan fingerprint density at radius 1 is 1.07 bits per heavy atom. The van der Waals surface area contributed by atoms with E-state index in [0.717, 1.165) is 0 Å². The third-order valence-electron chi connectivity index (χ3n) is 3.97. The smallest absolute Gasteiger partial charge is 0.252 e. The van der Waals surface area contributed by atoms with Gasteiger partial charge in [0.1, 0.15) is 17.7 Å². The van der Waals surface area contributed by atoms with Gasteiger partial charge in [-0.3, -0.25) is 4.79 Å². The maximum atomic E-state index is 13.6. The van der Waals surface area contributed by atoms with Crippen LogP contribution in [0, 0.1) is 17.1 Å². The zero-order chi connectivity index (χ0) is 19.1. The lowest BCUT2D eigenvalue weighted by atomic mass is 10.1. The molecule has 5 nitrogen and oxygen atoms in total. The van der Waals surface area contributed by atoms with Crippen molar-refractivity contribution in [2.45, 2.75) is 6.42 Å². The zero-order valence-electron chi connectivity index (χ0n) is 14.4. The van der Waals surface area contributed by atoms with Crippen LogP contribution in [-0.4, -0.2) is 17.4 Å². The van der Waals surface area contributed by atoms with Gasteiger partial charge in [0.2, 0.25) is 0 Å². The number of anilines is 2. The Hall–Kier alpha value is -3.72. The molecule has 0 unspecified atom stereocenters. The number of aromatic nitrogens is 1. The summed E-state index contributed by atoms with van der Waals surface area (Å²) in [4.78, 5) is 16.4. The number of para-hydroxylation sites is 1. The Balaban J connectivity index is 1.57. The van der Waals surface area contributed by atoms with E-state index in [1.165, 1.54) is 12.3 Å². The fraction of sp³-hybridized carbons (Fsp3) is 0.0952. The van der Waals surface area contributed by atoms with Crippen molar-refractivity contribution in [2.24, 2.45) is 0 Å². The van der Waals surface area contributed by atoms with Crippen molar-refractivity contribution in [1.29, 1.82) is 5.26 Å². The van der Waals surface area contributed by atoms with Gasteiger partial charge >= 0.3 is 0 Å². The maximum absolute atomic E-state index is 13.6. The molecule has 0 aliphatic carbocycles. The summed E-state index contributed by atoms with van der Waals surface area (Å²) >= 11 is 0. The molecule has 134 valence electrons. The van der Waals surface area contributed by atoms with E-state index in [1.807, 2.05) is 6.07 Å². The van der Waals surface area contributed by atoms with Gasteiger partial charge in [0.05, 0.1) is 16.8 Å². The largest absolute Gasteiger partial charge is 0.352 e. The molecule has 0 fully saturated rings. The molecule has 0 saturated carbocycles. The minimum atomic E-state index is -0.276.